The Labute approximate surface area is 69.7 Å². The molecule has 1 rings (SSSR count). The molecule has 1 aliphatic rings. The number of nitrogens with zero attached hydrogens (tertiary/aromatic N) is 2. The Hall–Kier alpha value is -1.30. The molecule has 0 bridgehead atoms. The van der Waals surface area contributed by atoms with Crippen molar-refractivity contribution in [3.05, 3.63) is 22.1 Å². The van der Waals surface area contributed by atoms with Crippen LogP contribution in [0.4, 0.5) is 0 Å². The first kappa shape index (κ1) is 8.79. The minimum Gasteiger partial charge on any atom is -0.380 e. The average molecular weight is 173 g/mol. The lowest BCUT2D eigenvalue weighted by atomic mass is 10.4. The minimum absolute atomic E-state index is 0.198. The van der Waals surface area contributed by atoms with Crippen LogP contribution in [-0.2, 0) is 4.74 Å². The number of ether oxygens (including phenoxy) is 1. The number of nitro groups is 1. The van der Waals surface area contributed by atoms with E-state index in [2.05, 4.69) is 0 Å². The maximum Gasteiger partial charge on any atom is 0.274 e. The predicted octanol–water partition coefficient (Wildman–Crippen LogP) is -0.647. The monoisotopic (exact) mass is 173 g/mol. The molecule has 0 unspecified atom stereocenters. The summed E-state index contributed by atoms with van der Waals surface area (Å²) in [6.45, 7) is 2.39. The molecule has 68 valence electrons. The van der Waals surface area contributed by atoms with Gasteiger partial charge in [-0.2, -0.15) is 0 Å². The summed E-state index contributed by atoms with van der Waals surface area (Å²) in [6, 6.07) is 0. The summed E-state index contributed by atoms with van der Waals surface area (Å²) in [7, 11) is 0. The highest BCUT2D eigenvalue weighted by Crippen LogP contribution is 2.01. The quantitative estimate of drug-likeness (QED) is 0.443. The van der Waals surface area contributed by atoms with Gasteiger partial charge in [0.05, 0.1) is 18.1 Å². The molecule has 1 aliphatic heterocycles. The molecule has 0 spiro atoms. The number of hydrogen-bond donors (Lipinski definition) is 1. The van der Waals surface area contributed by atoms with Gasteiger partial charge >= 0.3 is 0 Å². The summed E-state index contributed by atoms with van der Waals surface area (Å²) in [6.07, 6.45) is 0.811. The summed E-state index contributed by atoms with van der Waals surface area (Å²) in [4.78, 5) is 11.2. The zero-order valence-corrected chi connectivity index (χ0v) is 6.60. The van der Waals surface area contributed by atoms with Gasteiger partial charge in [-0.1, -0.05) is 0 Å². The van der Waals surface area contributed by atoms with Gasteiger partial charge in [-0.15, -0.1) is 0 Å². The van der Waals surface area contributed by atoms with Crippen LogP contribution in [0.3, 0.4) is 0 Å². The fraction of sp³-hybridized carbons (Fsp3) is 0.667. The van der Waals surface area contributed by atoms with Crippen LogP contribution in [0.15, 0.2) is 12.0 Å². The molecule has 1 fully saturated rings. The van der Waals surface area contributed by atoms with Crippen molar-refractivity contribution in [2.24, 2.45) is 5.73 Å². The van der Waals surface area contributed by atoms with E-state index >= 15 is 0 Å². The molecular weight excluding hydrogens is 162 g/mol. The maximum atomic E-state index is 10.0. The molecule has 12 heavy (non-hydrogen) atoms. The molecule has 0 radical (unpaired) electrons. The Morgan fingerprint density at radius 2 is 2.17 bits per heavy atom. The molecule has 1 saturated heterocycles. The van der Waals surface area contributed by atoms with Crippen LogP contribution >= 0.6 is 0 Å². The van der Waals surface area contributed by atoms with E-state index < -0.39 is 4.92 Å². The van der Waals surface area contributed by atoms with Gasteiger partial charge in [0.1, 0.15) is 0 Å². The van der Waals surface area contributed by atoms with Crippen molar-refractivity contribution in [1.29, 1.82) is 0 Å². The van der Waals surface area contributed by atoms with Crippen molar-refractivity contribution in [2.45, 2.75) is 0 Å². The summed E-state index contributed by atoms with van der Waals surface area (Å²) in [5.74, 6) is 0.198. The van der Waals surface area contributed by atoms with Crippen LogP contribution in [0.25, 0.3) is 0 Å². The molecule has 0 aromatic heterocycles. The molecular formula is C6H11N3O3. The molecule has 0 atom stereocenters. The molecule has 6 nitrogen and oxygen atoms in total. The second-order valence-electron chi connectivity index (χ2n) is 2.44. The molecule has 1 heterocycles. The second kappa shape index (κ2) is 3.91. The molecule has 0 aromatic carbocycles. The third kappa shape index (κ3) is 2.39. The molecule has 2 N–H and O–H groups in total. The first-order chi connectivity index (χ1) is 5.70. The maximum absolute atomic E-state index is 10.0. The third-order valence-corrected chi connectivity index (χ3v) is 1.61. The van der Waals surface area contributed by atoms with E-state index in [0.29, 0.717) is 26.3 Å². The van der Waals surface area contributed by atoms with Crippen LogP contribution in [-0.4, -0.2) is 36.1 Å². The van der Waals surface area contributed by atoms with Crippen molar-refractivity contribution in [3.63, 3.8) is 0 Å². The Morgan fingerprint density at radius 1 is 1.58 bits per heavy atom. The lowest BCUT2D eigenvalue weighted by Gasteiger charge is -2.27. The number of hydrogen-bond acceptors (Lipinski definition) is 5. The largest absolute Gasteiger partial charge is 0.380 e. The van der Waals surface area contributed by atoms with Gasteiger partial charge in [0, 0.05) is 13.1 Å². The Balaban J connectivity index is 2.49. The summed E-state index contributed by atoms with van der Waals surface area (Å²) >= 11 is 0. The third-order valence-electron chi connectivity index (χ3n) is 1.61. The SMILES string of the molecule is N/C(=C\[N+](=O)[O-])N1CCOCC1. The van der Waals surface area contributed by atoms with Gasteiger partial charge in [-0.3, -0.25) is 10.1 Å². The van der Waals surface area contributed by atoms with Crippen LogP contribution in [0.2, 0.25) is 0 Å². The van der Waals surface area contributed by atoms with E-state index in [1.807, 2.05) is 0 Å². The zero-order chi connectivity index (χ0) is 8.97. The zero-order valence-electron chi connectivity index (χ0n) is 6.60. The van der Waals surface area contributed by atoms with E-state index in [4.69, 9.17) is 10.5 Å². The highest BCUT2D eigenvalue weighted by atomic mass is 16.6. The van der Waals surface area contributed by atoms with Crippen molar-refractivity contribution >= 4 is 0 Å². The predicted molar refractivity (Wildman–Crippen MR) is 41.7 cm³/mol. The van der Waals surface area contributed by atoms with Crippen molar-refractivity contribution in [2.75, 3.05) is 26.3 Å². The molecule has 0 saturated carbocycles. The van der Waals surface area contributed by atoms with Gasteiger partial charge in [-0.25, -0.2) is 0 Å². The normalized spacial score (nSPS) is 19.3. The second-order valence-corrected chi connectivity index (χ2v) is 2.44. The highest BCUT2D eigenvalue weighted by Gasteiger charge is 2.12. The fourth-order valence-electron chi connectivity index (χ4n) is 1.01. The van der Waals surface area contributed by atoms with E-state index in [1.165, 1.54) is 0 Å². The molecule has 6 heteroatoms. The Morgan fingerprint density at radius 3 is 2.67 bits per heavy atom. The van der Waals surface area contributed by atoms with Gasteiger partial charge in [0.2, 0.25) is 0 Å². The van der Waals surface area contributed by atoms with E-state index in [1.54, 1.807) is 4.90 Å². The van der Waals surface area contributed by atoms with E-state index in [9.17, 15) is 10.1 Å². The Bertz CT molecular complexity index is 198. The number of nitrogens with two attached hydrogens (primary N) is 1. The summed E-state index contributed by atoms with van der Waals surface area (Å²) in [5.41, 5.74) is 5.44. The van der Waals surface area contributed by atoms with Gasteiger partial charge in [0.15, 0.2) is 5.82 Å². The minimum atomic E-state index is -0.551. The lowest BCUT2D eigenvalue weighted by Crippen LogP contribution is -2.38. The van der Waals surface area contributed by atoms with Crippen LogP contribution in [0.5, 0.6) is 0 Å². The number of morpholine rings is 1. The van der Waals surface area contributed by atoms with Gasteiger partial charge in [0.25, 0.3) is 6.20 Å². The fourth-order valence-corrected chi connectivity index (χ4v) is 1.01. The van der Waals surface area contributed by atoms with E-state index in [-0.39, 0.29) is 5.82 Å². The molecule has 0 amide bonds. The summed E-state index contributed by atoms with van der Waals surface area (Å²) < 4.78 is 5.06. The van der Waals surface area contributed by atoms with Gasteiger partial charge in [-0.05, 0) is 0 Å². The average Bonchev–Trinajstić information content (AvgIpc) is 2.05. The first-order valence-electron chi connectivity index (χ1n) is 3.63. The van der Waals surface area contributed by atoms with Crippen molar-refractivity contribution in [1.82, 2.24) is 4.90 Å². The van der Waals surface area contributed by atoms with Crippen molar-refractivity contribution in [3.8, 4) is 0 Å². The topological polar surface area (TPSA) is 81.6 Å². The number of rotatable bonds is 2. The first-order valence-corrected chi connectivity index (χ1v) is 3.63. The smallest absolute Gasteiger partial charge is 0.274 e. The van der Waals surface area contributed by atoms with Gasteiger partial charge < -0.3 is 15.4 Å². The van der Waals surface area contributed by atoms with Crippen LogP contribution in [0, 0.1) is 10.1 Å². The molecule has 0 aromatic rings. The standard InChI is InChI=1S/C6H11N3O3/c7-6(5-9(10)11)8-1-3-12-4-2-8/h5H,1-4,7H2/b6-5+. The van der Waals surface area contributed by atoms with Crippen LogP contribution in [0.1, 0.15) is 0 Å². The van der Waals surface area contributed by atoms with E-state index in [0.717, 1.165) is 6.20 Å². The summed E-state index contributed by atoms with van der Waals surface area (Å²) in [5, 5.41) is 10.0. The Kier molecular flexibility index (Phi) is 2.87. The molecule has 0 aliphatic carbocycles. The van der Waals surface area contributed by atoms with Crippen LogP contribution < -0.4 is 5.73 Å². The highest BCUT2D eigenvalue weighted by molar-refractivity contribution is 4.91. The lowest BCUT2D eigenvalue weighted by molar-refractivity contribution is -0.404. The van der Waals surface area contributed by atoms with Crippen molar-refractivity contribution < 1.29 is 9.66 Å².